The number of carbonyl (C=O) groups is 8. The molecular weight excluding hydrogens is 1080 g/mol. The Hall–Kier alpha value is -8.64. The van der Waals surface area contributed by atoms with Crippen LogP contribution in [0.15, 0.2) is 140 Å². The lowest BCUT2D eigenvalue weighted by molar-refractivity contribution is -0.133. The van der Waals surface area contributed by atoms with Crippen molar-refractivity contribution in [2.24, 2.45) is 46.3 Å². The van der Waals surface area contributed by atoms with Gasteiger partial charge in [0.05, 0.1) is 48.0 Å². The number of hydrogen-bond donors (Lipinski definition) is 0. The highest BCUT2D eigenvalue weighted by Gasteiger charge is 2.51. The third kappa shape index (κ3) is 8.50. The maximum absolute atomic E-state index is 12.8. The quantitative estimate of drug-likeness (QED) is 0.104. The van der Waals surface area contributed by atoms with Gasteiger partial charge in [-0.25, -0.2) is 0 Å². The molecule has 4 unspecified atom stereocenters. The number of ketones is 8. The number of furan rings is 2. The predicted octanol–water partition coefficient (Wildman–Crippen LogP) is 14.9. The molecule has 2 saturated carbocycles. The van der Waals surface area contributed by atoms with E-state index in [4.69, 9.17) is 18.3 Å². The molecule has 12 nitrogen and oxygen atoms in total. The summed E-state index contributed by atoms with van der Waals surface area (Å²) in [5.41, 5.74) is 11.6. The molecule has 0 bridgehead atoms. The Morgan fingerprint density at radius 2 is 0.837 bits per heavy atom. The van der Waals surface area contributed by atoms with Crippen LogP contribution in [0.2, 0.25) is 0 Å². The Morgan fingerprint density at radius 3 is 1.42 bits per heavy atom. The van der Waals surface area contributed by atoms with Crippen molar-refractivity contribution in [3.63, 3.8) is 0 Å². The van der Waals surface area contributed by atoms with E-state index in [0.717, 1.165) is 92.6 Å². The van der Waals surface area contributed by atoms with Crippen LogP contribution in [0.5, 0.6) is 0 Å². The first-order valence-electron chi connectivity index (χ1n) is 30.2. The zero-order valence-corrected chi connectivity index (χ0v) is 50.3. The molecule has 12 heteroatoms. The SMILES string of the molecule is C[C@H]1COC2=C1C(=O)C(=O)C1=C2C=CC2C1CCCC2(C)C.Cc1cccc2c3c(ccc12)C1=C(C(=O)C3=O)[C@@H](C)CO1.Cc1coc2c1C(=O)C(=O)C1=C2C=CC2C1CCCC2(C)C.Cc1coc2c1C(=O)C(=O)c1c-2ccc2c(C)cccc12. The summed E-state index contributed by atoms with van der Waals surface area (Å²) in [5, 5.41) is 3.64. The Morgan fingerprint density at radius 1 is 0.419 bits per heavy atom. The highest BCUT2D eigenvalue weighted by atomic mass is 16.5. The van der Waals surface area contributed by atoms with Crippen molar-refractivity contribution in [3.05, 3.63) is 187 Å². The van der Waals surface area contributed by atoms with Crippen LogP contribution in [-0.4, -0.2) is 59.5 Å². The summed E-state index contributed by atoms with van der Waals surface area (Å²) in [4.78, 5) is 101. The molecule has 0 amide bonds. The molecule has 0 N–H and O–H groups in total. The van der Waals surface area contributed by atoms with E-state index in [1.165, 1.54) is 12.7 Å². The second-order valence-electron chi connectivity index (χ2n) is 26.5. The van der Waals surface area contributed by atoms with Gasteiger partial charge < -0.3 is 18.3 Å². The van der Waals surface area contributed by atoms with E-state index >= 15 is 0 Å². The Balaban J connectivity index is 0.000000106. The van der Waals surface area contributed by atoms with Crippen LogP contribution in [-0.2, 0) is 28.7 Å². The number of aryl methyl sites for hydroxylation is 4. The summed E-state index contributed by atoms with van der Waals surface area (Å²) in [6.07, 6.45) is 18.2. The molecule has 2 aromatic heterocycles. The van der Waals surface area contributed by atoms with Crippen molar-refractivity contribution in [2.75, 3.05) is 13.2 Å². The third-order valence-corrected chi connectivity index (χ3v) is 20.2. The van der Waals surface area contributed by atoms with Gasteiger partial charge in [-0.1, -0.05) is 127 Å². The molecule has 6 atom stereocenters. The van der Waals surface area contributed by atoms with Gasteiger partial charge in [-0.2, -0.15) is 0 Å². The lowest BCUT2D eigenvalue weighted by atomic mass is 9.58. The van der Waals surface area contributed by atoms with E-state index in [0.29, 0.717) is 98.2 Å². The van der Waals surface area contributed by atoms with Crippen molar-refractivity contribution >= 4 is 79.1 Å². The Bertz CT molecular complexity index is 4330. The van der Waals surface area contributed by atoms with E-state index in [9.17, 15) is 38.4 Å². The number of Topliss-reactive ketones (excluding diaryl/α,β-unsaturated/α-hetero) is 8. The van der Waals surface area contributed by atoms with Crippen molar-refractivity contribution < 1.29 is 56.7 Å². The molecular formula is C74H68O12. The van der Waals surface area contributed by atoms with Crippen LogP contribution in [0, 0.1) is 74.0 Å². The minimum Gasteiger partial charge on any atom is -0.492 e. The van der Waals surface area contributed by atoms with E-state index in [1.807, 2.05) is 107 Å². The number of allylic oxidation sites excluding steroid dienone is 7. The minimum atomic E-state index is -0.474. The molecule has 436 valence electrons. The van der Waals surface area contributed by atoms with Crippen LogP contribution >= 0.6 is 0 Å². The van der Waals surface area contributed by atoms with Gasteiger partial charge in [0.1, 0.15) is 23.0 Å². The number of fused-ring (bicyclic) bond motifs is 16. The standard InChI is InChI=1S/C19H22O3.C19H20O3.C18H14O3.C18H12O3/c2*1-10-9-22-18-12-6-7-13-11(5-4-8-19(13,2)3)15(12)17(21)16(20)14(10)18;2*1-9-4-3-5-12-11(9)6-7-13-15(12)17(20)16(19)14-10(2)8-21-18(13)14/h6-7,10-11,13H,4-5,8-9H2,1-3H3;6-7,9,11,13H,4-5,8H2,1-3H3;3-7,10H,8H2,1-2H3;3-8H,1-2H3/t10-,11?,13?;;10-;/m0.0./s1. The topological polar surface area (TPSA) is 181 Å². The first-order valence-corrected chi connectivity index (χ1v) is 30.2. The average Bonchev–Trinajstić information content (AvgIpc) is 1.78. The maximum Gasteiger partial charge on any atom is 0.237 e. The first kappa shape index (κ1) is 56.5. The van der Waals surface area contributed by atoms with Gasteiger partial charge in [0.2, 0.25) is 46.3 Å². The maximum atomic E-state index is 12.8. The highest BCUT2D eigenvalue weighted by Crippen LogP contribution is 2.55. The van der Waals surface area contributed by atoms with Crippen LogP contribution in [0.4, 0.5) is 0 Å². The first-order chi connectivity index (χ1) is 41.0. The van der Waals surface area contributed by atoms with Crippen molar-refractivity contribution in [1.82, 2.24) is 0 Å². The largest absolute Gasteiger partial charge is 0.492 e. The number of benzene rings is 4. The predicted molar refractivity (Wildman–Crippen MR) is 326 cm³/mol. The smallest absolute Gasteiger partial charge is 0.237 e. The van der Waals surface area contributed by atoms with Crippen molar-refractivity contribution in [2.45, 2.75) is 108 Å². The summed E-state index contributed by atoms with van der Waals surface area (Å²) in [5.74, 6) is 0.360. The van der Waals surface area contributed by atoms with Crippen LogP contribution in [0.3, 0.4) is 0 Å². The number of rotatable bonds is 0. The van der Waals surface area contributed by atoms with Crippen molar-refractivity contribution in [3.8, 4) is 11.3 Å². The molecule has 16 rings (SSSR count). The van der Waals surface area contributed by atoms with Crippen LogP contribution in [0.25, 0.3) is 44.2 Å². The molecule has 10 aliphatic rings. The summed E-state index contributed by atoms with van der Waals surface area (Å²) in [6, 6.07) is 19.4. The minimum absolute atomic E-state index is 0.0159. The van der Waals surface area contributed by atoms with E-state index in [2.05, 4.69) is 39.8 Å². The normalized spacial score (nSPS) is 25.0. The molecule has 6 aromatic rings. The lowest BCUT2D eigenvalue weighted by Crippen LogP contribution is -2.41. The average molecular weight is 1150 g/mol. The molecule has 2 aliphatic heterocycles. The van der Waals surface area contributed by atoms with Gasteiger partial charge >= 0.3 is 0 Å². The molecule has 2 fully saturated rings. The molecule has 0 saturated heterocycles. The molecule has 8 aliphatic carbocycles. The van der Waals surface area contributed by atoms with Crippen LogP contribution < -0.4 is 0 Å². The second-order valence-corrected chi connectivity index (χ2v) is 26.5. The Labute approximate surface area is 499 Å². The van der Waals surface area contributed by atoms with Crippen LogP contribution in [0.1, 0.15) is 155 Å². The summed E-state index contributed by atoms with van der Waals surface area (Å²) < 4.78 is 22.6. The van der Waals surface area contributed by atoms with E-state index in [1.54, 1.807) is 13.2 Å². The zero-order valence-electron chi connectivity index (χ0n) is 50.3. The molecule has 0 spiro atoms. The monoisotopic (exact) mass is 1150 g/mol. The zero-order chi connectivity index (χ0) is 60.7. The molecule has 86 heavy (non-hydrogen) atoms. The fourth-order valence-corrected chi connectivity index (χ4v) is 15.7. The summed E-state index contributed by atoms with van der Waals surface area (Å²) >= 11 is 0. The van der Waals surface area contributed by atoms with E-state index in [-0.39, 0.29) is 51.9 Å². The van der Waals surface area contributed by atoms with Crippen molar-refractivity contribution in [1.29, 1.82) is 0 Å². The fourth-order valence-electron chi connectivity index (χ4n) is 15.7. The Kier molecular flexibility index (Phi) is 13.5. The summed E-state index contributed by atoms with van der Waals surface area (Å²) in [6.45, 7) is 21.5. The second kappa shape index (κ2) is 20.5. The van der Waals surface area contributed by atoms with Gasteiger partial charge in [-0.3, -0.25) is 38.4 Å². The number of carbonyl (C=O) groups excluding carboxylic acids is 8. The number of ether oxygens (including phenoxy) is 2. The molecule has 4 heterocycles. The van der Waals surface area contributed by atoms with Gasteiger partial charge in [0.15, 0.2) is 0 Å². The fraction of sp³-hybridized carbons (Fsp3) is 0.351. The van der Waals surface area contributed by atoms with Gasteiger partial charge in [0.25, 0.3) is 0 Å². The van der Waals surface area contributed by atoms with E-state index < -0.39 is 28.9 Å². The molecule has 4 aromatic carbocycles. The third-order valence-electron chi connectivity index (χ3n) is 20.2. The summed E-state index contributed by atoms with van der Waals surface area (Å²) in [7, 11) is 0. The van der Waals surface area contributed by atoms with Gasteiger partial charge in [-0.15, -0.1) is 0 Å². The molecule has 0 radical (unpaired) electrons. The lowest BCUT2D eigenvalue weighted by Gasteiger charge is -2.45. The highest BCUT2D eigenvalue weighted by molar-refractivity contribution is 6.56. The van der Waals surface area contributed by atoms with Gasteiger partial charge in [-0.05, 0) is 144 Å². The van der Waals surface area contributed by atoms with Gasteiger partial charge in [0, 0.05) is 56.4 Å². The number of hydrogen-bond acceptors (Lipinski definition) is 12.